The van der Waals surface area contributed by atoms with Crippen LogP contribution in [0.3, 0.4) is 0 Å². The molecule has 9 heteroatoms. The Balaban J connectivity index is 1.93. The number of carbonyl (C=O) groups is 1. The maximum absolute atomic E-state index is 13.7. The third kappa shape index (κ3) is 4.47. The molecule has 3 rings (SSSR count). The number of aromatic nitrogens is 1. The van der Waals surface area contributed by atoms with Crippen molar-refractivity contribution in [1.29, 1.82) is 0 Å². The molecule has 0 saturated heterocycles. The van der Waals surface area contributed by atoms with Crippen LogP contribution in [-0.4, -0.2) is 19.3 Å². The fourth-order valence-corrected chi connectivity index (χ4v) is 4.03. The van der Waals surface area contributed by atoms with Crippen LogP contribution in [0.25, 0.3) is 0 Å². The van der Waals surface area contributed by atoms with E-state index in [0.29, 0.717) is 10.6 Å². The van der Waals surface area contributed by atoms with E-state index in [1.807, 2.05) is 0 Å². The Morgan fingerprint density at radius 2 is 1.86 bits per heavy atom. The second-order valence-corrected chi connectivity index (χ2v) is 7.96. The zero-order chi connectivity index (χ0) is 20.3. The van der Waals surface area contributed by atoms with Gasteiger partial charge in [-0.15, -0.1) is 0 Å². The number of benzene rings is 2. The van der Waals surface area contributed by atoms with Gasteiger partial charge in [0.25, 0.3) is 15.9 Å². The second kappa shape index (κ2) is 7.95. The van der Waals surface area contributed by atoms with Gasteiger partial charge < -0.3 is 5.32 Å². The highest BCUT2D eigenvalue weighted by Gasteiger charge is 2.20. The summed E-state index contributed by atoms with van der Waals surface area (Å²) >= 11 is 5.87. The summed E-state index contributed by atoms with van der Waals surface area (Å²) in [4.78, 5) is 16.2. The molecule has 0 aliphatic rings. The predicted molar refractivity (Wildman–Crippen MR) is 106 cm³/mol. The number of rotatable bonds is 5. The fourth-order valence-electron chi connectivity index (χ4n) is 2.51. The van der Waals surface area contributed by atoms with Crippen molar-refractivity contribution in [3.63, 3.8) is 0 Å². The van der Waals surface area contributed by atoms with E-state index < -0.39 is 21.7 Å². The Kier molecular flexibility index (Phi) is 5.62. The van der Waals surface area contributed by atoms with Gasteiger partial charge in [-0.3, -0.25) is 14.5 Å². The van der Waals surface area contributed by atoms with Crippen LogP contribution < -0.4 is 10.0 Å². The van der Waals surface area contributed by atoms with E-state index in [1.54, 1.807) is 19.1 Å². The topological polar surface area (TPSA) is 88.2 Å². The molecule has 0 radical (unpaired) electrons. The number of nitrogens with one attached hydrogen (secondary N) is 2. The van der Waals surface area contributed by atoms with E-state index in [9.17, 15) is 17.6 Å². The van der Waals surface area contributed by atoms with Gasteiger partial charge in [-0.25, -0.2) is 12.8 Å². The molecule has 1 heterocycles. The Morgan fingerprint density at radius 1 is 1.07 bits per heavy atom. The zero-order valence-electron chi connectivity index (χ0n) is 14.6. The summed E-state index contributed by atoms with van der Waals surface area (Å²) in [5.74, 6) is -1.23. The van der Waals surface area contributed by atoms with E-state index in [-0.39, 0.29) is 22.0 Å². The average Bonchev–Trinajstić information content (AvgIpc) is 2.64. The summed E-state index contributed by atoms with van der Waals surface area (Å²) < 4.78 is 41.6. The third-order valence-corrected chi connectivity index (χ3v) is 5.56. The molecule has 0 atom stereocenters. The number of hydrogen-bond acceptors (Lipinski definition) is 4. The van der Waals surface area contributed by atoms with Gasteiger partial charge in [0.05, 0.1) is 16.3 Å². The Hall–Kier alpha value is -2.97. The SMILES string of the molecule is Cc1cc(Cl)ccc1S(=O)(=O)Nc1cc(F)ccc1NC(=O)c1ccccn1. The average molecular weight is 420 g/mol. The van der Waals surface area contributed by atoms with E-state index in [2.05, 4.69) is 15.0 Å². The van der Waals surface area contributed by atoms with Crippen molar-refractivity contribution < 1.29 is 17.6 Å². The second-order valence-electron chi connectivity index (χ2n) is 5.87. The van der Waals surface area contributed by atoms with Crippen LogP contribution >= 0.6 is 11.6 Å². The highest BCUT2D eigenvalue weighted by molar-refractivity contribution is 7.92. The fraction of sp³-hybridized carbons (Fsp3) is 0.0526. The summed E-state index contributed by atoms with van der Waals surface area (Å²) in [7, 11) is -4.04. The summed E-state index contributed by atoms with van der Waals surface area (Å²) in [5, 5.41) is 2.93. The van der Waals surface area contributed by atoms with E-state index in [1.165, 1.54) is 36.5 Å². The zero-order valence-corrected chi connectivity index (χ0v) is 16.2. The summed E-state index contributed by atoms with van der Waals surface area (Å²) in [5.41, 5.74) is 0.538. The lowest BCUT2D eigenvalue weighted by Crippen LogP contribution is -2.18. The van der Waals surface area contributed by atoms with Crippen LogP contribution in [0, 0.1) is 12.7 Å². The molecule has 2 aromatic carbocycles. The number of carbonyl (C=O) groups excluding carboxylic acids is 1. The molecule has 0 fully saturated rings. The Morgan fingerprint density at radius 3 is 2.54 bits per heavy atom. The number of halogens is 2. The quantitative estimate of drug-likeness (QED) is 0.647. The molecule has 144 valence electrons. The van der Waals surface area contributed by atoms with Crippen LogP contribution in [0.1, 0.15) is 16.1 Å². The predicted octanol–water partition coefficient (Wildman–Crippen LogP) is 4.24. The monoisotopic (exact) mass is 419 g/mol. The first-order chi connectivity index (χ1) is 13.3. The van der Waals surface area contributed by atoms with Gasteiger partial charge in [0, 0.05) is 17.3 Å². The molecule has 1 amide bonds. The number of amides is 1. The molecule has 0 aliphatic carbocycles. The standard InChI is InChI=1S/C19H15ClFN3O3S/c1-12-10-13(20)5-8-18(12)28(26,27)24-17-11-14(21)6-7-15(17)23-19(25)16-4-2-3-9-22-16/h2-11,24H,1H3,(H,23,25). The molecule has 0 unspecified atom stereocenters. The van der Waals surface area contributed by atoms with Crippen LogP contribution in [0.2, 0.25) is 5.02 Å². The van der Waals surface area contributed by atoms with Crippen molar-refractivity contribution in [1.82, 2.24) is 4.98 Å². The minimum Gasteiger partial charge on any atom is -0.319 e. The molecule has 0 spiro atoms. The lowest BCUT2D eigenvalue weighted by molar-refractivity contribution is 0.102. The van der Waals surface area contributed by atoms with Gasteiger partial charge >= 0.3 is 0 Å². The van der Waals surface area contributed by atoms with Crippen LogP contribution in [0.15, 0.2) is 65.7 Å². The van der Waals surface area contributed by atoms with E-state index in [4.69, 9.17) is 11.6 Å². The van der Waals surface area contributed by atoms with E-state index in [0.717, 1.165) is 12.1 Å². The number of aryl methyl sites for hydroxylation is 1. The lowest BCUT2D eigenvalue weighted by Gasteiger charge is -2.15. The first kappa shape index (κ1) is 19.8. The van der Waals surface area contributed by atoms with Crippen molar-refractivity contribution in [2.75, 3.05) is 10.0 Å². The molecule has 0 aliphatic heterocycles. The molecular weight excluding hydrogens is 405 g/mol. The van der Waals surface area contributed by atoms with Crippen LogP contribution in [0.4, 0.5) is 15.8 Å². The molecule has 3 aromatic rings. The van der Waals surface area contributed by atoms with Gasteiger partial charge in [-0.2, -0.15) is 0 Å². The number of hydrogen-bond donors (Lipinski definition) is 2. The lowest BCUT2D eigenvalue weighted by atomic mass is 10.2. The molecule has 1 aromatic heterocycles. The first-order valence-electron chi connectivity index (χ1n) is 8.07. The van der Waals surface area contributed by atoms with Crippen molar-refractivity contribution in [2.45, 2.75) is 11.8 Å². The van der Waals surface area contributed by atoms with Gasteiger partial charge in [-0.1, -0.05) is 17.7 Å². The van der Waals surface area contributed by atoms with Crippen LogP contribution in [-0.2, 0) is 10.0 Å². The molecule has 2 N–H and O–H groups in total. The molecule has 0 saturated carbocycles. The summed E-state index contributed by atoms with van der Waals surface area (Å²) in [6.45, 7) is 1.59. The van der Waals surface area contributed by atoms with Crippen molar-refractivity contribution in [2.24, 2.45) is 0 Å². The molecule has 28 heavy (non-hydrogen) atoms. The van der Waals surface area contributed by atoms with E-state index >= 15 is 0 Å². The van der Waals surface area contributed by atoms with Gasteiger partial charge in [0.1, 0.15) is 11.5 Å². The number of sulfonamides is 1. The normalized spacial score (nSPS) is 11.1. The molecule has 6 nitrogen and oxygen atoms in total. The minimum atomic E-state index is -4.04. The first-order valence-corrected chi connectivity index (χ1v) is 9.93. The number of pyridine rings is 1. The van der Waals surface area contributed by atoms with Crippen molar-refractivity contribution >= 4 is 38.9 Å². The van der Waals surface area contributed by atoms with Crippen molar-refractivity contribution in [3.8, 4) is 0 Å². The highest BCUT2D eigenvalue weighted by atomic mass is 35.5. The molecule has 0 bridgehead atoms. The van der Waals surface area contributed by atoms with Gasteiger partial charge in [0.15, 0.2) is 0 Å². The maximum Gasteiger partial charge on any atom is 0.274 e. The summed E-state index contributed by atoms with van der Waals surface area (Å²) in [6.07, 6.45) is 1.45. The maximum atomic E-state index is 13.7. The summed E-state index contributed by atoms with van der Waals surface area (Å²) in [6, 6.07) is 12.5. The number of anilines is 2. The van der Waals surface area contributed by atoms with Gasteiger partial charge in [-0.05, 0) is 55.0 Å². The van der Waals surface area contributed by atoms with Crippen molar-refractivity contribution in [3.05, 3.63) is 82.9 Å². The minimum absolute atomic E-state index is 0.0110. The number of nitrogens with zero attached hydrogens (tertiary/aromatic N) is 1. The third-order valence-electron chi connectivity index (χ3n) is 3.80. The molecular formula is C19H15ClFN3O3S. The largest absolute Gasteiger partial charge is 0.319 e. The Bertz CT molecular complexity index is 1140. The van der Waals surface area contributed by atoms with Crippen LogP contribution in [0.5, 0.6) is 0 Å². The van der Waals surface area contributed by atoms with Gasteiger partial charge in [0.2, 0.25) is 0 Å². The Labute approximate surface area is 166 Å². The highest BCUT2D eigenvalue weighted by Crippen LogP contribution is 2.28. The smallest absolute Gasteiger partial charge is 0.274 e.